The molecule has 2 unspecified atom stereocenters. The third kappa shape index (κ3) is 1.36. The van der Waals surface area contributed by atoms with Gasteiger partial charge in [0.15, 0.2) is 0 Å². The molecule has 0 aliphatic carbocycles. The monoisotopic (exact) mass is 181 g/mol. The number of β-amino-alcohol motifs (C(OH)–C–C–N with tert-alkyl or cyclic N) is 1. The summed E-state index contributed by atoms with van der Waals surface area (Å²) >= 11 is 0. The molecular formula is C9H15N3O. The molecule has 0 amide bonds. The van der Waals surface area contributed by atoms with E-state index < -0.39 is 0 Å². The Labute approximate surface area is 77.6 Å². The second-order valence-electron chi connectivity index (χ2n) is 3.62. The van der Waals surface area contributed by atoms with Gasteiger partial charge in [-0.05, 0) is 6.92 Å². The average Bonchev–Trinajstić information content (AvgIpc) is 2.62. The fourth-order valence-corrected chi connectivity index (χ4v) is 1.83. The number of aliphatic hydroxyl groups excluding tert-OH is 1. The van der Waals surface area contributed by atoms with Crippen LogP contribution < -0.4 is 5.32 Å². The van der Waals surface area contributed by atoms with E-state index in [4.69, 9.17) is 0 Å². The summed E-state index contributed by atoms with van der Waals surface area (Å²) in [6.45, 7) is 3.51. The zero-order chi connectivity index (χ0) is 9.42. The zero-order valence-electron chi connectivity index (χ0n) is 7.99. The van der Waals surface area contributed by atoms with Gasteiger partial charge in [0, 0.05) is 37.9 Å². The van der Waals surface area contributed by atoms with Crippen LogP contribution in [0.25, 0.3) is 0 Å². The van der Waals surface area contributed by atoms with Gasteiger partial charge in [-0.15, -0.1) is 0 Å². The van der Waals surface area contributed by atoms with Crippen LogP contribution in [0.1, 0.15) is 17.4 Å². The third-order valence-electron chi connectivity index (χ3n) is 2.82. The first kappa shape index (κ1) is 8.72. The molecule has 2 N–H and O–H groups in total. The molecule has 13 heavy (non-hydrogen) atoms. The van der Waals surface area contributed by atoms with Crippen LogP contribution in [-0.2, 0) is 7.05 Å². The smallest absolute Gasteiger partial charge is 0.105 e. The van der Waals surface area contributed by atoms with E-state index in [1.54, 1.807) is 0 Å². The number of nitrogens with one attached hydrogen (secondary N) is 1. The van der Waals surface area contributed by atoms with Gasteiger partial charge < -0.3 is 15.0 Å². The summed E-state index contributed by atoms with van der Waals surface area (Å²) in [6, 6.07) is 0. The summed E-state index contributed by atoms with van der Waals surface area (Å²) in [5.74, 6) is 1.19. The predicted molar refractivity (Wildman–Crippen MR) is 49.6 cm³/mol. The highest BCUT2D eigenvalue weighted by Crippen LogP contribution is 2.22. The van der Waals surface area contributed by atoms with Crippen LogP contribution in [0, 0.1) is 6.92 Å². The number of aliphatic hydroxyl groups is 1. The van der Waals surface area contributed by atoms with Crippen LogP contribution in [0.3, 0.4) is 0 Å². The quantitative estimate of drug-likeness (QED) is 0.629. The van der Waals surface area contributed by atoms with E-state index in [1.165, 1.54) is 0 Å². The standard InChI is InChI=1S/C9H15N3O/c1-6-11-4-8(12(6)2)7-3-10-5-9(7)13/h4,7,9-10,13H,3,5H2,1-2H3. The van der Waals surface area contributed by atoms with Crippen molar-refractivity contribution in [1.29, 1.82) is 0 Å². The molecule has 1 aliphatic heterocycles. The molecule has 2 heterocycles. The number of hydrogen-bond acceptors (Lipinski definition) is 3. The number of imidazole rings is 1. The van der Waals surface area contributed by atoms with Gasteiger partial charge in [0.1, 0.15) is 5.82 Å². The fourth-order valence-electron chi connectivity index (χ4n) is 1.83. The highest BCUT2D eigenvalue weighted by atomic mass is 16.3. The normalized spacial score (nSPS) is 28.2. The van der Waals surface area contributed by atoms with Gasteiger partial charge in [0.25, 0.3) is 0 Å². The van der Waals surface area contributed by atoms with Gasteiger partial charge in [-0.25, -0.2) is 4.98 Å². The summed E-state index contributed by atoms with van der Waals surface area (Å²) in [6.07, 6.45) is 1.59. The Hall–Kier alpha value is -0.870. The molecule has 0 spiro atoms. The highest BCUT2D eigenvalue weighted by molar-refractivity contribution is 5.14. The predicted octanol–water partition coefficient (Wildman–Crippen LogP) is -0.224. The first-order valence-corrected chi connectivity index (χ1v) is 4.57. The maximum Gasteiger partial charge on any atom is 0.105 e. The molecule has 1 aliphatic rings. The molecule has 72 valence electrons. The van der Waals surface area contributed by atoms with Crippen molar-refractivity contribution in [3.05, 3.63) is 17.7 Å². The van der Waals surface area contributed by atoms with Crippen molar-refractivity contribution in [3.63, 3.8) is 0 Å². The molecule has 0 aromatic carbocycles. The van der Waals surface area contributed by atoms with Crippen molar-refractivity contribution in [2.45, 2.75) is 18.9 Å². The molecule has 0 saturated carbocycles. The molecule has 1 aromatic heterocycles. The van der Waals surface area contributed by atoms with Crippen molar-refractivity contribution in [2.24, 2.45) is 7.05 Å². The van der Waals surface area contributed by atoms with Crippen LogP contribution in [0.2, 0.25) is 0 Å². The van der Waals surface area contributed by atoms with E-state index in [0.717, 1.165) is 18.1 Å². The summed E-state index contributed by atoms with van der Waals surface area (Å²) in [5, 5.41) is 12.8. The Bertz CT molecular complexity index is 308. The van der Waals surface area contributed by atoms with E-state index in [2.05, 4.69) is 10.3 Å². The van der Waals surface area contributed by atoms with Gasteiger partial charge in [-0.1, -0.05) is 0 Å². The molecule has 2 atom stereocenters. The average molecular weight is 181 g/mol. The van der Waals surface area contributed by atoms with Gasteiger partial charge in [-0.2, -0.15) is 0 Å². The first-order valence-electron chi connectivity index (χ1n) is 4.57. The molecule has 1 saturated heterocycles. The van der Waals surface area contributed by atoms with Crippen molar-refractivity contribution >= 4 is 0 Å². The summed E-state index contributed by atoms with van der Waals surface area (Å²) in [4.78, 5) is 4.22. The SMILES string of the molecule is Cc1ncc(C2CNCC2O)n1C. The Kier molecular flexibility index (Phi) is 2.09. The number of aromatic nitrogens is 2. The van der Waals surface area contributed by atoms with E-state index >= 15 is 0 Å². The minimum atomic E-state index is -0.269. The second-order valence-corrected chi connectivity index (χ2v) is 3.62. The van der Waals surface area contributed by atoms with E-state index in [-0.39, 0.29) is 12.0 Å². The summed E-state index contributed by atoms with van der Waals surface area (Å²) in [5.41, 5.74) is 1.12. The van der Waals surface area contributed by atoms with Gasteiger partial charge >= 0.3 is 0 Å². The number of aryl methyl sites for hydroxylation is 1. The Balaban J connectivity index is 2.29. The van der Waals surface area contributed by atoms with Gasteiger partial charge in [0.2, 0.25) is 0 Å². The molecule has 1 aromatic rings. The van der Waals surface area contributed by atoms with Crippen LogP contribution in [0.4, 0.5) is 0 Å². The molecule has 1 fully saturated rings. The fraction of sp³-hybridized carbons (Fsp3) is 0.667. The first-order chi connectivity index (χ1) is 6.20. The Morgan fingerprint density at radius 1 is 1.62 bits per heavy atom. The summed E-state index contributed by atoms with van der Waals surface area (Å²) in [7, 11) is 1.99. The Morgan fingerprint density at radius 2 is 2.38 bits per heavy atom. The van der Waals surface area contributed by atoms with Gasteiger partial charge in [0.05, 0.1) is 6.10 Å². The minimum Gasteiger partial charge on any atom is -0.391 e. The van der Waals surface area contributed by atoms with Crippen molar-refractivity contribution < 1.29 is 5.11 Å². The maximum absolute atomic E-state index is 9.67. The topological polar surface area (TPSA) is 50.1 Å². The molecule has 4 nitrogen and oxygen atoms in total. The third-order valence-corrected chi connectivity index (χ3v) is 2.82. The minimum absolute atomic E-state index is 0.200. The van der Waals surface area contributed by atoms with E-state index in [0.29, 0.717) is 6.54 Å². The van der Waals surface area contributed by atoms with Crippen LogP contribution >= 0.6 is 0 Å². The van der Waals surface area contributed by atoms with Crippen LogP contribution in [0.15, 0.2) is 6.20 Å². The van der Waals surface area contributed by atoms with Crippen LogP contribution in [-0.4, -0.2) is 33.9 Å². The Morgan fingerprint density at radius 3 is 2.85 bits per heavy atom. The second kappa shape index (κ2) is 3.12. The molecular weight excluding hydrogens is 166 g/mol. The lowest BCUT2D eigenvalue weighted by Gasteiger charge is -2.13. The number of rotatable bonds is 1. The van der Waals surface area contributed by atoms with Crippen molar-refractivity contribution in [2.75, 3.05) is 13.1 Å². The van der Waals surface area contributed by atoms with Crippen molar-refractivity contribution in [3.8, 4) is 0 Å². The van der Waals surface area contributed by atoms with Crippen LogP contribution in [0.5, 0.6) is 0 Å². The largest absolute Gasteiger partial charge is 0.391 e. The maximum atomic E-state index is 9.67. The zero-order valence-corrected chi connectivity index (χ0v) is 7.99. The molecule has 0 bridgehead atoms. The molecule has 0 radical (unpaired) electrons. The molecule has 2 rings (SSSR count). The van der Waals surface area contributed by atoms with E-state index in [9.17, 15) is 5.11 Å². The van der Waals surface area contributed by atoms with Crippen molar-refractivity contribution in [1.82, 2.24) is 14.9 Å². The number of nitrogens with zero attached hydrogens (tertiary/aromatic N) is 2. The lowest BCUT2D eigenvalue weighted by Crippen LogP contribution is -2.18. The summed E-state index contributed by atoms with van der Waals surface area (Å²) < 4.78 is 2.04. The highest BCUT2D eigenvalue weighted by Gasteiger charge is 2.28. The van der Waals surface area contributed by atoms with Gasteiger partial charge in [-0.3, -0.25) is 0 Å². The number of hydrogen-bond donors (Lipinski definition) is 2. The lowest BCUT2D eigenvalue weighted by atomic mass is 10.0. The molecule has 4 heteroatoms. The lowest BCUT2D eigenvalue weighted by molar-refractivity contribution is 0.175. The van der Waals surface area contributed by atoms with E-state index in [1.807, 2.05) is 24.7 Å².